The molecule has 1 aliphatic heterocycles. The zero-order valence-electron chi connectivity index (χ0n) is 10.5. The highest BCUT2D eigenvalue weighted by Crippen LogP contribution is 2.30. The van der Waals surface area contributed by atoms with Crippen LogP contribution in [0, 0.1) is 0 Å². The normalized spacial score (nSPS) is 24.8. The fourth-order valence-corrected chi connectivity index (χ4v) is 2.11. The van der Waals surface area contributed by atoms with Crippen molar-refractivity contribution in [3.63, 3.8) is 0 Å². The van der Waals surface area contributed by atoms with Crippen LogP contribution in [-0.2, 0) is 11.8 Å². The summed E-state index contributed by atoms with van der Waals surface area (Å²) in [6.07, 6.45) is 0.482. The molecule has 1 aromatic rings. The van der Waals surface area contributed by atoms with Crippen LogP contribution in [0.3, 0.4) is 0 Å². The Morgan fingerprint density at radius 2 is 2.00 bits per heavy atom. The second-order valence-corrected chi connectivity index (χ2v) is 5.83. The average Bonchev–Trinajstić information content (AvgIpc) is 2.17. The van der Waals surface area contributed by atoms with Crippen LogP contribution in [0.1, 0.15) is 38.8 Å². The number of aliphatic hydroxyl groups is 1. The molecule has 0 saturated carbocycles. The predicted molar refractivity (Wildman–Crippen MR) is 67.9 cm³/mol. The zero-order chi connectivity index (χ0) is 11.9. The molecule has 0 saturated heterocycles. The molecule has 0 spiro atoms. The van der Waals surface area contributed by atoms with E-state index in [1.54, 1.807) is 0 Å². The van der Waals surface area contributed by atoms with Crippen LogP contribution in [0.5, 0.6) is 0 Å². The molecule has 0 fully saturated rings. The number of benzene rings is 1. The van der Waals surface area contributed by atoms with Gasteiger partial charge >= 0.3 is 0 Å². The highest BCUT2D eigenvalue weighted by molar-refractivity contribution is 5.56. The first-order chi connectivity index (χ1) is 7.38. The standard InChI is InChI=1S/C14H21NO/c1-9-13(16)8-10-7-11(14(2,3)4)5-6-12(10)15-9/h5-7,9,13,15-16H,8H2,1-4H3. The number of nitrogens with one attached hydrogen (secondary N) is 1. The van der Waals surface area contributed by atoms with Gasteiger partial charge in [0.15, 0.2) is 0 Å². The van der Waals surface area contributed by atoms with Crippen molar-refractivity contribution in [2.45, 2.75) is 51.7 Å². The second-order valence-electron chi connectivity index (χ2n) is 5.83. The lowest BCUT2D eigenvalue weighted by molar-refractivity contribution is 0.154. The summed E-state index contributed by atoms with van der Waals surface area (Å²) in [7, 11) is 0. The predicted octanol–water partition coefficient (Wildman–Crippen LogP) is 2.70. The minimum atomic E-state index is -0.275. The Kier molecular flexibility index (Phi) is 2.70. The molecule has 2 rings (SSSR count). The highest BCUT2D eigenvalue weighted by Gasteiger charge is 2.24. The minimum Gasteiger partial charge on any atom is -0.391 e. The molecule has 0 radical (unpaired) electrons. The van der Waals surface area contributed by atoms with Crippen molar-refractivity contribution in [2.75, 3.05) is 5.32 Å². The van der Waals surface area contributed by atoms with E-state index in [1.165, 1.54) is 16.8 Å². The summed E-state index contributed by atoms with van der Waals surface area (Å²) in [4.78, 5) is 0. The van der Waals surface area contributed by atoms with Crippen LogP contribution >= 0.6 is 0 Å². The van der Waals surface area contributed by atoms with Crippen molar-refractivity contribution >= 4 is 5.69 Å². The van der Waals surface area contributed by atoms with Crippen LogP contribution in [0.4, 0.5) is 5.69 Å². The van der Waals surface area contributed by atoms with Crippen molar-refractivity contribution in [3.05, 3.63) is 29.3 Å². The third-order valence-corrected chi connectivity index (χ3v) is 3.36. The molecule has 2 unspecified atom stereocenters. The molecule has 1 heterocycles. The van der Waals surface area contributed by atoms with E-state index in [4.69, 9.17) is 0 Å². The van der Waals surface area contributed by atoms with Gasteiger partial charge in [0, 0.05) is 18.2 Å². The molecular formula is C14H21NO. The van der Waals surface area contributed by atoms with E-state index >= 15 is 0 Å². The van der Waals surface area contributed by atoms with E-state index in [0.29, 0.717) is 0 Å². The third-order valence-electron chi connectivity index (χ3n) is 3.36. The first-order valence-corrected chi connectivity index (χ1v) is 5.96. The fraction of sp³-hybridized carbons (Fsp3) is 0.571. The molecule has 88 valence electrons. The topological polar surface area (TPSA) is 32.3 Å². The summed E-state index contributed by atoms with van der Waals surface area (Å²) >= 11 is 0. The third kappa shape index (κ3) is 2.07. The van der Waals surface area contributed by atoms with Crippen molar-refractivity contribution < 1.29 is 5.11 Å². The maximum atomic E-state index is 9.86. The van der Waals surface area contributed by atoms with Crippen molar-refractivity contribution in [3.8, 4) is 0 Å². The van der Waals surface area contributed by atoms with Gasteiger partial charge in [0.1, 0.15) is 0 Å². The van der Waals surface area contributed by atoms with E-state index in [-0.39, 0.29) is 17.6 Å². The average molecular weight is 219 g/mol. The van der Waals surface area contributed by atoms with Gasteiger partial charge in [-0.3, -0.25) is 0 Å². The zero-order valence-corrected chi connectivity index (χ0v) is 10.5. The van der Waals surface area contributed by atoms with Gasteiger partial charge in [-0.25, -0.2) is 0 Å². The number of hydrogen-bond acceptors (Lipinski definition) is 2. The second kappa shape index (κ2) is 3.77. The maximum absolute atomic E-state index is 9.86. The molecule has 1 aromatic carbocycles. The van der Waals surface area contributed by atoms with Gasteiger partial charge in [-0.05, 0) is 29.5 Å². The molecule has 0 aliphatic carbocycles. The Morgan fingerprint density at radius 1 is 1.31 bits per heavy atom. The van der Waals surface area contributed by atoms with Gasteiger partial charge in [0.25, 0.3) is 0 Å². The molecule has 2 N–H and O–H groups in total. The van der Waals surface area contributed by atoms with Gasteiger partial charge in [-0.2, -0.15) is 0 Å². The number of aliphatic hydroxyl groups excluding tert-OH is 1. The molecule has 0 aromatic heterocycles. The van der Waals surface area contributed by atoms with E-state index in [0.717, 1.165) is 6.42 Å². The van der Waals surface area contributed by atoms with Crippen LogP contribution in [0.2, 0.25) is 0 Å². The largest absolute Gasteiger partial charge is 0.391 e. The van der Waals surface area contributed by atoms with E-state index < -0.39 is 0 Å². The maximum Gasteiger partial charge on any atom is 0.0779 e. The van der Waals surface area contributed by atoms with Crippen LogP contribution in [0.25, 0.3) is 0 Å². The van der Waals surface area contributed by atoms with E-state index in [2.05, 4.69) is 44.3 Å². The molecule has 2 nitrogen and oxygen atoms in total. The van der Waals surface area contributed by atoms with Gasteiger partial charge < -0.3 is 10.4 Å². The number of fused-ring (bicyclic) bond motifs is 1. The van der Waals surface area contributed by atoms with Gasteiger partial charge in [0.05, 0.1) is 6.10 Å². The Morgan fingerprint density at radius 3 is 2.62 bits per heavy atom. The highest BCUT2D eigenvalue weighted by atomic mass is 16.3. The van der Waals surface area contributed by atoms with Crippen LogP contribution in [-0.4, -0.2) is 17.3 Å². The van der Waals surface area contributed by atoms with E-state index in [9.17, 15) is 5.11 Å². The fourth-order valence-electron chi connectivity index (χ4n) is 2.11. The molecule has 0 bridgehead atoms. The van der Waals surface area contributed by atoms with Crippen molar-refractivity contribution in [2.24, 2.45) is 0 Å². The number of anilines is 1. The molecule has 16 heavy (non-hydrogen) atoms. The number of hydrogen-bond donors (Lipinski definition) is 2. The quantitative estimate of drug-likeness (QED) is 0.703. The van der Waals surface area contributed by atoms with Crippen molar-refractivity contribution in [1.29, 1.82) is 0 Å². The monoisotopic (exact) mass is 219 g/mol. The van der Waals surface area contributed by atoms with Crippen LogP contribution in [0.15, 0.2) is 18.2 Å². The first kappa shape index (κ1) is 11.5. The Balaban J connectivity index is 2.37. The minimum absolute atomic E-state index is 0.146. The summed E-state index contributed by atoms with van der Waals surface area (Å²) in [5.41, 5.74) is 3.90. The summed E-state index contributed by atoms with van der Waals surface area (Å²) < 4.78 is 0. The number of rotatable bonds is 0. The molecule has 2 heteroatoms. The summed E-state index contributed by atoms with van der Waals surface area (Å²) in [6.45, 7) is 8.66. The Labute approximate surface area is 97.7 Å². The molecule has 2 atom stereocenters. The lowest BCUT2D eigenvalue weighted by Crippen LogP contribution is -2.36. The summed E-state index contributed by atoms with van der Waals surface area (Å²) in [6, 6.07) is 6.68. The smallest absolute Gasteiger partial charge is 0.0779 e. The summed E-state index contributed by atoms with van der Waals surface area (Å²) in [5, 5.41) is 13.2. The molecular weight excluding hydrogens is 198 g/mol. The molecule has 0 amide bonds. The summed E-state index contributed by atoms with van der Waals surface area (Å²) in [5.74, 6) is 0. The van der Waals surface area contributed by atoms with Gasteiger partial charge in [0.2, 0.25) is 0 Å². The Hall–Kier alpha value is -1.02. The van der Waals surface area contributed by atoms with Crippen LogP contribution < -0.4 is 5.32 Å². The van der Waals surface area contributed by atoms with Gasteiger partial charge in [-0.15, -0.1) is 0 Å². The lowest BCUT2D eigenvalue weighted by atomic mass is 9.84. The first-order valence-electron chi connectivity index (χ1n) is 5.96. The lowest BCUT2D eigenvalue weighted by Gasteiger charge is -2.30. The van der Waals surface area contributed by atoms with E-state index in [1.807, 2.05) is 6.92 Å². The van der Waals surface area contributed by atoms with Gasteiger partial charge in [-0.1, -0.05) is 32.9 Å². The van der Waals surface area contributed by atoms with Crippen molar-refractivity contribution in [1.82, 2.24) is 0 Å². The Bertz CT molecular complexity index is 392. The SMILES string of the molecule is CC1Nc2ccc(C(C)(C)C)cc2CC1O. The molecule has 1 aliphatic rings.